The number of H-pyrrole nitrogens is 1. The number of nitrogens with zero attached hydrogens (tertiary/aromatic N) is 2. The third kappa shape index (κ3) is 3.04. The van der Waals surface area contributed by atoms with E-state index in [-0.39, 0.29) is 17.9 Å². The van der Waals surface area contributed by atoms with Gasteiger partial charge in [-0.05, 0) is 13.8 Å². The molecule has 0 aliphatic rings. The number of hydrogen-bond acceptors (Lipinski definition) is 4. The second kappa shape index (κ2) is 4.65. The van der Waals surface area contributed by atoms with Gasteiger partial charge in [-0.15, -0.1) is 0 Å². The summed E-state index contributed by atoms with van der Waals surface area (Å²) in [5.74, 6) is -1.88. The summed E-state index contributed by atoms with van der Waals surface area (Å²) in [6, 6.07) is 2.02. The predicted octanol–water partition coefficient (Wildman–Crippen LogP) is 0.387. The number of rotatable bonds is 4. The molecule has 0 saturated heterocycles. The van der Waals surface area contributed by atoms with Gasteiger partial charge in [-0.2, -0.15) is 5.26 Å². The quantitative estimate of drug-likeness (QED) is 0.698. The van der Waals surface area contributed by atoms with Crippen LogP contribution in [0.2, 0.25) is 0 Å². The van der Waals surface area contributed by atoms with E-state index in [1.165, 1.54) is 0 Å². The molecular formula is C10H12N4O3. The Hall–Kier alpha value is -2.36. The Morgan fingerprint density at radius 1 is 1.65 bits per heavy atom. The molecule has 90 valence electrons. The lowest BCUT2D eigenvalue weighted by atomic mass is 9.96. The Bertz CT molecular complexity index is 484. The molecule has 0 saturated carbocycles. The zero-order valence-corrected chi connectivity index (χ0v) is 9.44. The number of carbonyl (C=O) groups is 2. The third-order valence-corrected chi connectivity index (χ3v) is 2.06. The van der Waals surface area contributed by atoms with Crippen LogP contribution in [0.4, 0.5) is 0 Å². The molecule has 1 aromatic heterocycles. The molecular weight excluding hydrogens is 224 g/mol. The normalized spacial score (nSPS) is 10.6. The number of aromatic amines is 1. The second-order valence-electron chi connectivity index (χ2n) is 4.11. The van der Waals surface area contributed by atoms with E-state index in [0.29, 0.717) is 0 Å². The van der Waals surface area contributed by atoms with Crippen LogP contribution < -0.4 is 5.32 Å². The summed E-state index contributed by atoms with van der Waals surface area (Å²) >= 11 is 0. The summed E-state index contributed by atoms with van der Waals surface area (Å²) in [4.78, 5) is 28.4. The van der Waals surface area contributed by atoms with Crippen molar-refractivity contribution in [3.8, 4) is 6.07 Å². The van der Waals surface area contributed by atoms with Gasteiger partial charge in [0.05, 0.1) is 17.8 Å². The number of hydrogen-bond donors (Lipinski definition) is 3. The summed E-state index contributed by atoms with van der Waals surface area (Å²) < 4.78 is 0. The van der Waals surface area contributed by atoms with Crippen molar-refractivity contribution in [1.82, 2.24) is 15.3 Å². The molecule has 1 heterocycles. The van der Waals surface area contributed by atoms with Gasteiger partial charge in [-0.3, -0.25) is 4.79 Å². The maximum Gasteiger partial charge on any atom is 0.354 e. The minimum Gasteiger partial charge on any atom is -0.477 e. The van der Waals surface area contributed by atoms with E-state index in [9.17, 15) is 9.59 Å². The zero-order chi connectivity index (χ0) is 13.1. The van der Waals surface area contributed by atoms with Gasteiger partial charge in [-0.1, -0.05) is 0 Å². The lowest BCUT2D eigenvalue weighted by molar-refractivity contribution is 0.0685. The SMILES string of the molecule is CC(C)(C#N)CNC(=O)c1nc[nH]c1C(=O)O. The molecule has 0 aromatic carbocycles. The highest BCUT2D eigenvalue weighted by Crippen LogP contribution is 2.11. The minimum absolute atomic E-state index is 0.119. The van der Waals surface area contributed by atoms with Crippen LogP contribution in [0.15, 0.2) is 6.33 Å². The molecule has 3 N–H and O–H groups in total. The van der Waals surface area contributed by atoms with Crippen molar-refractivity contribution in [2.24, 2.45) is 5.41 Å². The maximum atomic E-state index is 11.6. The molecule has 0 radical (unpaired) electrons. The highest BCUT2D eigenvalue weighted by molar-refractivity contribution is 6.02. The Morgan fingerprint density at radius 2 is 2.29 bits per heavy atom. The number of imidazole rings is 1. The van der Waals surface area contributed by atoms with Crippen LogP contribution in [0, 0.1) is 16.7 Å². The minimum atomic E-state index is -1.26. The monoisotopic (exact) mass is 236 g/mol. The van der Waals surface area contributed by atoms with Gasteiger partial charge < -0.3 is 15.4 Å². The van der Waals surface area contributed by atoms with Crippen LogP contribution in [-0.4, -0.2) is 33.5 Å². The van der Waals surface area contributed by atoms with Crippen LogP contribution in [0.5, 0.6) is 0 Å². The molecule has 0 spiro atoms. The molecule has 0 aliphatic heterocycles. The van der Waals surface area contributed by atoms with Crippen molar-refractivity contribution in [1.29, 1.82) is 5.26 Å². The van der Waals surface area contributed by atoms with Gasteiger partial charge in [0.2, 0.25) is 0 Å². The number of carboxylic acids is 1. The van der Waals surface area contributed by atoms with Gasteiger partial charge in [0.1, 0.15) is 0 Å². The Morgan fingerprint density at radius 3 is 2.82 bits per heavy atom. The summed E-state index contributed by atoms with van der Waals surface area (Å²) in [7, 11) is 0. The average molecular weight is 236 g/mol. The molecule has 0 atom stereocenters. The molecule has 1 aromatic rings. The van der Waals surface area contributed by atoms with Crippen molar-refractivity contribution in [3.63, 3.8) is 0 Å². The van der Waals surface area contributed by atoms with E-state index in [2.05, 4.69) is 15.3 Å². The van der Waals surface area contributed by atoms with E-state index in [0.717, 1.165) is 6.33 Å². The van der Waals surface area contributed by atoms with Crippen LogP contribution in [-0.2, 0) is 0 Å². The van der Waals surface area contributed by atoms with E-state index < -0.39 is 17.3 Å². The first-order chi connectivity index (χ1) is 7.87. The van der Waals surface area contributed by atoms with Gasteiger partial charge in [0.25, 0.3) is 5.91 Å². The first kappa shape index (κ1) is 12.7. The first-order valence-electron chi connectivity index (χ1n) is 4.83. The van der Waals surface area contributed by atoms with E-state index >= 15 is 0 Å². The van der Waals surface area contributed by atoms with Crippen LogP contribution >= 0.6 is 0 Å². The molecule has 0 aliphatic carbocycles. The highest BCUT2D eigenvalue weighted by atomic mass is 16.4. The van der Waals surface area contributed by atoms with Gasteiger partial charge in [0, 0.05) is 6.54 Å². The fourth-order valence-corrected chi connectivity index (χ4v) is 1.05. The molecule has 7 heteroatoms. The summed E-state index contributed by atoms with van der Waals surface area (Å²) in [6.45, 7) is 3.44. The number of amides is 1. The third-order valence-electron chi connectivity index (χ3n) is 2.06. The van der Waals surface area contributed by atoms with Crippen LogP contribution in [0.25, 0.3) is 0 Å². The average Bonchev–Trinajstić information content (AvgIpc) is 2.75. The fraction of sp³-hybridized carbons (Fsp3) is 0.400. The molecule has 0 unspecified atom stereocenters. The van der Waals surface area contributed by atoms with Crippen molar-refractivity contribution in [2.75, 3.05) is 6.54 Å². The Kier molecular flexibility index (Phi) is 3.48. The molecule has 17 heavy (non-hydrogen) atoms. The lowest BCUT2D eigenvalue weighted by Crippen LogP contribution is -2.34. The standard InChI is InChI=1S/C10H12N4O3/c1-10(2,3-11)4-12-8(15)6-7(9(16)17)14-5-13-6/h5H,4H2,1-2H3,(H,12,15)(H,13,14)(H,16,17). The van der Waals surface area contributed by atoms with Crippen LogP contribution in [0.3, 0.4) is 0 Å². The number of carboxylic acid groups (broad SMARTS) is 1. The van der Waals surface area contributed by atoms with Crippen molar-refractivity contribution < 1.29 is 14.7 Å². The Balaban J connectivity index is 2.75. The second-order valence-corrected chi connectivity index (χ2v) is 4.11. The smallest absolute Gasteiger partial charge is 0.354 e. The van der Waals surface area contributed by atoms with Gasteiger partial charge >= 0.3 is 5.97 Å². The molecule has 7 nitrogen and oxygen atoms in total. The van der Waals surface area contributed by atoms with E-state index in [1.807, 2.05) is 6.07 Å². The summed E-state index contributed by atoms with van der Waals surface area (Å²) in [6.07, 6.45) is 1.13. The van der Waals surface area contributed by atoms with Crippen molar-refractivity contribution >= 4 is 11.9 Å². The number of nitrogens with one attached hydrogen (secondary N) is 2. The maximum absolute atomic E-state index is 11.6. The topological polar surface area (TPSA) is 119 Å². The first-order valence-corrected chi connectivity index (χ1v) is 4.83. The van der Waals surface area contributed by atoms with Crippen molar-refractivity contribution in [2.45, 2.75) is 13.8 Å². The summed E-state index contributed by atoms with van der Waals surface area (Å²) in [5, 5.41) is 20.0. The zero-order valence-electron chi connectivity index (χ0n) is 9.44. The molecule has 0 bridgehead atoms. The highest BCUT2D eigenvalue weighted by Gasteiger charge is 2.22. The lowest BCUT2D eigenvalue weighted by Gasteiger charge is -2.15. The number of aromatic nitrogens is 2. The number of aromatic carboxylic acids is 1. The predicted molar refractivity (Wildman–Crippen MR) is 57.3 cm³/mol. The molecule has 1 amide bonds. The fourth-order valence-electron chi connectivity index (χ4n) is 1.05. The molecule has 0 fully saturated rings. The van der Waals surface area contributed by atoms with E-state index in [1.54, 1.807) is 13.8 Å². The Labute approximate surface area is 97.5 Å². The summed E-state index contributed by atoms with van der Waals surface area (Å²) in [5.41, 5.74) is -1.17. The molecule has 1 rings (SSSR count). The number of nitriles is 1. The van der Waals surface area contributed by atoms with Gasteiger partial charge in [0.15, 0.2) is 11.4 Å². The van der Waals surface area contributed by atoms with Gasteiger partial charge in [-0.25, -0.2) is 9.78 Å². The van der Waals surface area contributed by atoms with E-state index in [4.69, 9.17) is 10.4 Å². The number of carbonyl (C=O) groups excluding carboxylic acids is 1. The van der Waals surface area contributed by atoms with Crippen LogP contribution in [0.1, 0.15) is 34.8 Å². The largest absolute Gasteiger partial charge is 0.477 e. The van der Waals surface area contributed by atoms with Crippen molar-refractivity contribution in [3.05, 3.63) is 17.7 Å².